The van der Waals surface area contributed by atoms with Crippen LogP contribution in [0, 0.1) is 11.6 Å². The lowest BCUT2D eigenvalue weighted by molar-refractivity contribution is 0.0730. The van der Waals surface area contributed by atoms with Crippen LogP contribution in [0.3, 0.4) is 0 Å². The molecule has 2 aromatic carbocycles. The molecule has 1 saturated heterocycles. The average Bonchev–Trinajstić information content (AvgIpc) is 2.68. The molecule has 0 atom stereocenters. The van der Waals surface area contributed by atoms with Gasteiger partial charge in [0, 0.05) is 32.2 Å². The Morgan fingerprint density at radius 2 is 1.82 bits per heavy atom. The number of ether oxygens (including phenoxy) is 1. The van der Waals surface area contributed by atoms with Crippen LogP contribution in [-0.4, -0.2) is 45.6 Å². The summed E-state index contributed by atoms with van der Waals surface area (Å²) in [6.45, 7) is 2.45. The molecule has 2 aliphatic heterocycles. The van der Waals surface area contributed by atoms with Gasteiger partial charge in [0.2, 0.25) is 10.0 Å². The predicted molar refractivity (Wildman–Crippen MR) is 102 cm³/mol. The van der Waals surface area contributed by atoms with E-state index in [-0.39, 0.29) is 4.90 Å². The van der Waals surface area contributed by atoms with Crippen LogP contribution in [0.15, 0.2) is 41.3 Å². The smallest absolute Gasteiger partial charge is 0.243 e. The van der Waals surface area contributed by atoms with Gasteiger partial charge in [-0.2, -0.15) is 4.31 Å². The maximum Gasteiger partial charge on any atom is 0.243 e. The van der Waals surface area contributed by atoms with Crippen molar-refractivity contribution >= 4 is 15.7 Å². The summed E-state index contributed by atoms with van der Waals surface area (Å²) in [5, 5.41) is 0. The summed E-state index contributed by atoms with van der Waals surface area (Å²) >= 11 is 0. The molecule has 0 amide bonds. The minimum atomic E-state index is -3.59. The maximum absolute atomic E-state index is 14.4. The Balaban J connectivity index is 1.60. The molecule has 8 heteroatoms. The molecule has 1 fully saturated rings. The van der Waals surface area contributed by atoms with Crippen LogP contribution in [0.1, 0.15) is 17.5 Å². The van der Waals surface area contributed by atoms with E-state index in [4.69, 9.17) is 4.74 Å². The van der Waals surface area contributed by atoms with E-state index in [2.05, 4.69) is 0 Å². The minimum absolute atomic E-state index is 0.226. The second kappa shape index (κ2) is 7.77. The van der Waals surface area contributed by atoms with Crippen molar-refractivity contribution in [2.75, 3.05) is 37.7 Å². The molecule has 0 aliphatic carbocycles. The molecule has 2 aliphatic rings. The fraction of sp³-hybridized carbons (Fsp3) is 0.400. The highest BCUT2D eigenvalue weighted by Gasteiger charge is 2.27. The van der Waals surface area contributed by atoms with Crippen molar-refractivity contribution in [2.45, 2.75) is 24.3 Å². The number of morpholine rings is 1. The third-order valence-electron chi connectivity index (χ3n) is 5.18. The van der Waals surface area contributed by atoms with Crippen molar-refractivity contribution < 1.29 is 21.9 Å². The van der Waals surface area contributed by atoms with E-state index in [9.17, 15) is 17.2 Å². The summed E-state index contributed by atoms with van der Waals surface area (Å²) in [6, 6.07) is 9.03. The Bertz CT molecular complexity index is 975. The fourth-order valence-corrected chi connectivity index (χ4v) is 5.33. The summed E-state index contributed by atoms with van der Waals surface area (Å²) < 4.78 is 60.3. The summed E-state index contributed by atoms with van der Waals surface area (Å²) in [5.74, 6) is -1.15. The van der Waals surface area contributed by atoms with Gasteiger partial charge in [-0.1, -0.05) is 12.1 Å². The quantitative estimate of drug-likeness (QED) is 0.781. The van der Waals surface area contributed by atoms with Crippen LogP contribution in [-0.2, 0) is 27.7 Å². The fourth-order valence-electron chi connectivity index (χ4n) is 3.85. The number of fused-ring (bicyclic) bond motifs is 1. The molecule has 28 heavy (non-hydrogen) atoms. The second-order valence-electron chi connectivity index (χ2n) is 7.08. The zero-order chi connectivity index (χ0) is 19.7. The molecule has 0 saturated carbocycles. The van der Waals surface area contributed by atoms with E-state index in [0.717, 1.165) is 18.1 Å². The molecule has 2 heterocycles. The van der Waals surface area contributed by atoms with Gasteiger partial charge in [-0.3, -0.25) is 0 Å². The van der Waals surface area contributed by atoms with Crippen molar-refractivity contribution in [1.82, 2.24) is 4.31 Å². The number of aryl methyl sites for hydroxylation is 1. The molecular weight excluding hydrogens is 386 g/mol. The van der Waals surface area contributed by atoms with E-state index in [0.29, 0.717) is 57.1 Å². The van der Waals surface area contributed by atoms with Crippen LogP contribution in [0.2, 0.25) is 0 Å². The van der Waals surface area contributed by atoms with Crippen molar-refractivity contribution in [3.8, 4) is 0 Å². The Labute approximate surface area is 163 Å². The van der Waals surface area contributed by atoms with Gasteiger partial charge in [-0.05, 0) is 42.2 Å². The Morgan fingerprint density at radius 1 is 1.04 bits per heavy atom. The highest BCUT2D eigenvalue weighted by molar-refractivity contribution is 7.89. The number of nitrogens with zero attached hydrogens (tertiary/aromatic N) is 2. The van der Waals surface area contributed by atoms with Crippen LogP contribution < -0.4 is 4.90 Å². The average molecular weight is 408 g/mol. The second-order valence-corrected chi connectivity index (χ2v) is 9.02. The molecule has 0 radical (unpaired) electrons. The van der Waals surface area contributed by atoms with Gasteiger partial charge >= 0.3 is 0 Å². The molecule has 0 spiro atoms. The minimum Gasteiger partial charge on any atom is -0.379 e. The monoisotopic (exact) mass is 408 g/mol. The van der Waals surface area contributed by atoms with Crippen molar-refractivity contribution in [2.24, 2.45) is 0 Å². The summed E-state index contributed by atoms with van der Waals surface area (Å²) in [6.07, 6.45) is 1.42. The zero-order valence-electron chi connectivity index (χ0n) is 15.4. The first-order valence-electron chi connectivity index (χ1n) is 9.35. The first kappa shape index (κ1) is 19.3. The molecule has 0 aromatic heterocycles. The van der Waals surface area contributed by atoms with Crippen molar-refractivity contribution in [3.63, 3.8) is 0 Å². The molecule has 0 N–H and O–H groups in total. The number of anilines is 1. The third kappa shape index (κ3) is 3.76. The topological polar surface area (TPSA) is 49.9 Å². The number of rotatable bonds is 4. The van der Waals surface area contributed by atoms with E-state index >= 15 is 0 Å². The molecule has 2 aromatic rings. The van der Waals surface area contributed by atoms with Gasteiger partial charge in [0.25, 0.3) is 0 Å². The summed E-state index contributed by atoms with van der Waals surface area (Å²) in [7, 11) is -3.59. The largest absolute Gasteiger partial charge is 0.379 e. The SMILES string of the molecule is O=S(=O)(c1cccc(CN2CCCc3cc(F)cc(F)c32)c1)N1CCOCC1. The van der Waals surface area contributed by atoms with Gasteiger partial charge < -0.3 is 9.64 Å². The normalized spacial score (nSPS) is 18.1. The summed E-state index contributed by atoms with van der Waals surface area (Å²) in [5.41, 5.74) is 1.83. The third-order valence-corrected chi connectivity index (χ3v) is 7.07. The highest BCUT2D eigenvalue weighted by Crippen LogP contribution is 2.32. The molecule has 0 bridgehead atoms. The Kier molecular flexibility index (Phi) is 5.35. The van der Waals surface area contributed by atoms with E-state index in [1.54, 1.807) is 18.2 Å². The maximum atomic E-state index is 14.4. The highest BCUT2D eigenvalue weighted by atomic mass is 32.2. The number of halogens is 2. The molecule has 5 nitrogen and oxygen atoms in total. The molecule has 150 valence electrons. The van der Waals surface area contributed by atoms with E-state index in [1.165, 1.54) is 10.4 Å². The number of sulfonamides is 1. The van der Waals surface area contributed by atoms with Crippen LogP contribution in [0.25, 0.3) is 0 Å². The van der Waals surface area contributed by atoms with Crippen molar-refractivity contribution in [1.29, 1.82) is 0 Å². The number of benzene rings is 2. The Morgan fingerprint density at radius 3 is 2.61 bits per heavy atom. The Hall–Kier alpha value is -2.03. The number of hydrogen-bond acceptors (Lipinski definition) is 4. The number of hydrogen-bond donors (Lipinski definition) is 0. The van der Waals surface area contributed by atoms with Crippen LogP contribution in [0.5, 0.6) is 0 Å². The lowest BCUT2D eigenvalue weighted by Gasteiger charge is -2.32. The van der Waals surface area contributed by atoms with Gasteiger partial charge in [-0.15, -0.1) is 0 Å². The van der Waals surface area contributed by atoms with Crippen LogP contribution >= 0.6 is 0 Å². The first-order chi connectivity index (χ1) is 13.4. The summed E-state index contributed by atoms with van der Waals surface area (Å²) in [4.78, 5) is 2.08. The lowest BCUT2D eigenvalue weighted by Crippen LogP contribution is -2.40. The molecule has 0 unspecified atom stereocenters. The van der Waals surface area contributed by atoms with Crippen LogP contribution in [0.4, 0.5) is 14.5 Å². The van der Waals surface area contributed by atoms with Gasteiger partial charge in [0.1, 0.15) is 11.6 Å². The predicted octanol–water partition coefficient (Wildman–Crippen LogP) is 2.94. The van der Waals surface area contributed by atoms with E-state index in [1.807, 2.05) is 11.0 Å². The van der Waals surface area contributed by atoms with E-state index < -0.39 is 21.7 Å². The zero-order valence-corrected chi connectivity index (χ0v) is 16.2. The lowest BCUT2D eigenvalue weighted by atomic mass is 10.0. The molecule has 4 rings (SSSR count). The van der Waals surface area contributed by atoms with Crippen molar-refractivity contribution in [3.05, 3.63) is 59.2 Å². The van der Waals surface area contributed by atoms with Gasteiger partial charge in [-0.25, -0.2) is 17.2 Å². The molecular formula is C20H22F2N2O3S. The standard InChI is InChI=1S/C20H22F2N2O3S/c21-17-12-16-4-2-6-23(20(16)19(22)13-17)14-15-3-1-5-18(11-15)28(25,26)24-7-9-27-10-8-24/h1,3,5,11-13H,2,4,6-10,14H2. The van der Waals surface area contributed by atoms with Gasteiger partial charge in [0.15, 0.2) is 0 Å². The first-order valence-corrected chi connectivity index (χ1v) is 10.8. The van der Waals surface area contributed by atoms with Gasteiger partial charge in [0.05, 0.1) is 23.8 Å².